The van der Waals surface area contributed by atoms with Crippen LogP contribution in [0.4, 0.5) is 9.18 Å². The Morgan fingerprint density at radius 1 is 1.00 bits per heavy atom. The van der Waals surface area contributed by atoms with E-state index in [2.05, 4.69) is 0 Å². The monoisotopic (exact) mass is 505 g/mol. The first kappa shape index (κ1) is 26.4. The Labute approximate surface area is 216 Å². The SMILES string of the molecule is CC(C)(C)OC(=O)N1CCC(c2ccc(F)cc2)C(OCc2ccc(-c3ccccc3C(=O)O)cc2)C1. The van der Waals surface area contributed by atoms with Crippen molar-refractivity contribution in [1.82, 2.24) is 4.90 Å². The summed E-state index contributed by atoms with van der Waals surface area (Å²) in [7, 11) is 0. The summed E-state index contributed by atoms with van der Waals surface area (Å²) in [6.45, 7) is 6.70. The fourth-order valence-electron chi connectivity index (χ4n) is 4.57. The second kappa shape index (κ2) is 11.1. The molecule has 0 radical (unpaired) electrons. The minimum atomic E-state index is -0.971. The van der Waals surface area contributed by atoms with Crippen LogP contribution in [0, 0.1) is 5.82 Å². The lowest BCUT2D eigenvalue weighted by Gasteiger charge is -2.39. The van der Waals surface area contributed by atoms with E-state index in [1.165, 1.54) is 12.1 Å². The molecule has 1 saturated heterocycles. The predicted octanol–water partition coefficient (Wildman–Crippen LogP) is 6.50. The first-order valence-electron chi connectivity index (χ1n) is 12.4. The summed E-state index contributed by atoms with van der Waals surface area (Å²) in [5, 5.41) is 9.49. The van der Waals surface area contributed by atoms with Gasteiger partial charge in [0.2, 0.25) is 0 Å². The van der Waals surface area contributed by atoms with E-state index in [4.69, 9.17) is 9.47 Å². The van der Waals surface area contributed by atoms with Crippen molar-refractivity contribution in [2.24, 2.45) is 0 Å². The fraction of sp³-hybridized carbons (Fsp3) is 0.333. The zero-order valence-corrected chi connectivity index (χ0v) is 21.3. The summed E-state index contributed by atoms with van der Waals surface area (Å²) in [6, 6.07) is 20.9. The highest BCUT2D eigenvalue weighted by atomic mass is 19.1. The summed E-state index contributed by atoms with van der Waals surface area (Å²) in [5.74, 6) is -1.26. The van der Waals surface area contributed by atoms with Crippen LogP contribution in [0.25, 0.3) is 11.1 Å². The van der Waals surface area contributed by atoms with E-state index in [1.54, 1.807) is 35.2 Å². The third-order valence-corrected chi connectivity index (χ3v) is 6.40. The number of carboxylic acid groups (broad SMARTS) is 1. The molecule has 0 saturated carbocycles. The van der Waals surface area contributed by atoms with Gasteiger partial charge in [-0.1, -0.05) is 54.6 Å². The van der Waals surface area contributed by atoms with Crippen LogP contribution in [0.5, 0.6) is 0 Å². The average Bonchev–Trinajstić information content (AvgIpc) is 2.87. The number of carbonyl (C=O) groups excluding carboxylic acids is 1. The summed E-state index contributed by atoms with van der Waals surface area (Å²) < 4.78 is 25.5. The first-order valence-corrected chi connectivity index (χ1v) is 12.4. The Morgan fingerprint density at radius 3 is 2.32 bits per heavy atom. The Morgan fingerprint density at radius 2 is 1.68 bits per heavy atom. The molecule has 0 aliphatic carbocycles. The molecule has 3 aromatic rings. The Hall–Kier alpha value is -3.71. The highest BCUT2D eigenvalue weighted by Crippen LogP contribution is 2.32. The molecule has 2 unspecified atom stereocenters. The van der Waals surface area contributed by atoms with Crippen LogP contribution in [-0.2, 0) is 16.1 Å². The average molecular weight is 506 g/mol. The number of aromatic carboxylic acids is 1. The zero-order valence-electron chi connectivity index (χ0n) is 21.3. The summed E-state index contributed by atoms with van der Waals surface area (Å²) in [4.78, 5) is 26.0. The number of halogens is 1. The lowest BCUT2D eigenvalue weighted by Crippen LogP contribution is -2.48. The van der Waals surface area contributed by atoms with Crippen molar-refractivity contribution in [2.45, 2.75) is 51.4 Å². The smallest absolute Gasteiger partial charge is 0.410 e. The molecule has 1 N–H and O–H groups in total. The van der Waals surface area contributed by atoms with Crippen molar-refractivity contribution in [3.8, 4) is 11.1 Å². The van der Waals surface area contributed by atoms with Crippen LogP contribution in [0.15, 0.2) is 72.8 Å². The summed E-state index contributed by atoms with van der Waals surface area (Å²) >= 11 is 0. The number of carboxylic acids is 1. The number of amides is 1. The second-order valence-corrected chi connectivity index (χ2v) is 10.3. The highest BCUT2D eigenvalue weighted by Gasteiger charge is 2.35. The standard InChI is InChI=1S/C30H32FNO5/c1-30(2,3)37-29(35)32-17-16-25(22-12-14-23(31)15-13-22)27(18-32)36-19-20-8-10-21(11-9-20)24-6-4-5-7-26(24)28(33)34/h4-15,25,27H,16-19H2,1-3H3,(H,33,34). The number of rotatable bonds is 6. The normalized spacial score (nSPS) is 17.9. The van der Waals surface area contributed by atoms with Crippen LogP contribution >= 0.6 is 0 Å². The van der Waals surface area contributed by atoms with Gasteiger partial charge >= 0.3 is 12.1 Å². The quantitative estimate of drug-likeness (QED) is 0.414. The third-order valence-electron chi connectivity index (χ3n) is 6.40. The van der Waals surface area contributed by atoms with Gasteiger partial charge < -0.3 is 19.5 Å². The number of benzene rings is 3. The number of likely N-dealkylation sites (tertiary alicyclic amines) is 1. The molecule has 2 atom stereocenters. The molecule has 7 heteroatoms. The first-order chi connectivity index (χ1) is 17.6. The van der Waals surface area contributed by atoms with E-state index >= 15 is 0 Å². The van der Waals surface area contributed by atoms with E-state index in [0.29, 0.717) is 31.7 Å². The number of ether oxygens (including phenoxy) is 2. The van der Waals surface area contributed by atoms with Gasteiger partial charge in [0.15, 0.2) is 0 Å². The Bertz CT molecular complexity index is 1230. The molecular formula is C30H32FNO5. The van der Waals surface area contributed by atoms with Gasteiger partial charge in [0.1, 0.15) is 11.4 Å². The molecule has 3 aromatic carbocycles. The molecule has 194 valence electrons. The van der Waals surface area contributed by atoms with Crippen molar-refractivity contribution < 1.29 is 28.6 Å². The van der Waals surface area contributed by atoms with Gasteiger partial charge in [0, 0.05) is 12.5 Å². The molecular weight excluding hydrogens is 473 g/mol. The molecule has 1 heterocycles. The maximum Gasteiger partial charge on any atom is 0.410 e. The number of nitrogens with zero attached hydrogens (tertiary/aromatic N) is 1. The Kier molecular flexibility index (Phi) is 7.93. The highest BCUT2D eigenvalue weighted by molar-refractivity contribution is 5.95. The van der Waals surface area contributed by atoms with Gasteiger partial charge in [-0.25, -0.2) is 14.0 Å². The number of hydrogen-bond acceptors (Lipinski definition) is 4. The number of hydrogen-bond donors (Lipinski definition) is 1. The van der Waals surface area contributed by atoms with Crippen LogP contribution in [-0.4, -0.2) is 46.9 Å². The number of carbonyl (C=O) groups is 2. The lowest BCUT2D eigenvalue weighted by molar-refractivity contribution is -0.0359. The zero-order chi connectivity index (χ0) is 26.6. The van der Waals surface area contributed by atoms with Gasteiger partial charge in [0.25, 0.3) is 0 Å². The van der Waals surface area contributed by atoms with E-state index in [-0.39, 0.29) is 29.5 Å². The van der Waals surface area contributed by atoms with E-state index in [9.17, 15) is 19.1 Å². The van der Waals surface area contributed by atoms with Crippen LogP contribution < -0.4 is 0 Å². The van der Waals surface area contributed by atoms with Gasteiger partial charge in [-0.05, 0) is 67.6 Å². The van der Waals surface area contributed by atoms with Crippen LogP contribution in [0.1, 0.15) is 54.6 Å². The van der Waals surface area contributed by atoms with Gasteiger partial charge in [-0.3, -0.25) is 0 Å². The van der Waals surface area contributed by atoms with Crippen molar-refractivity contribution in [2.75, 3.05) is 13.1 Å². The summed E-state index contributed by atoms with van der Waals surface area (Å²) in [6.07, 6.45) is -0.0141. The van der Waals surface area contributed by atoms with Crippen molar-refractivity contribution in [3.05, 3.63) is 95.3 Å². The minimum Gasteiger partial charge on any atom is -0.478 e. The molecule has 1 fully saturated rings. The van der Waals surface area contributed by atoms with Gasteiger partial charge in [-0.15, -0.1) is 0 Å². The van der Waals surface area contributed by atoms with Gasteiger partial charge in [0.05, 0.1) is 24.8 Å². The van der Waals surface area contributed by atoms with Gasteiger partial charge in [-0.2, -0.15) is 0 Å². The molecule has 6 nitrogen and oxygen atoms in total. The van der Waals surface area contributed by atoms with Crippen molar-refractivity contribution in [3.63, 3.8) is 0 Å². The summed E-state index contributed by atoms with van der Waals surface area (Å²) in [5.41, 5.74) is 3.00. The predicted molar refractivity (Wildman–Crippen MR) is 139 cm³/mol. The van der Waals surface area contributed by atoms with E-state index in [1.807, 2.05) is 51.1 Å². The van der Waals surface area contributed by atoms with Crippen LogP contribution in [0.3, 0.4) is 0 Å². The maximum absolute atomic E-state index is 13.5. The molecule has 1 aliphatic heterocycles. The van der Waals surface area contributed by atoms with Crippen molar-refractivity contribution in [1.29, 1.82) is 0 Å². The molecule has 4 rings (SSSR count). The second-order valence-electron chi connectivity index (χ2n) is 10.3. The molecule has 37 heavy (non-hydrogen) atoms. The molecule has 1 aliphatic rings. The largest absolute Gasteiger partial charge is 0.478 e. The Balaban J connectivity index is 1.49. The van der Waals surface area contributed by atoms with Crippen molar-refractivity contribution >= 4 is 12.1 Å². The number of piperidine rings is 1. The molecule has 0 aromatic heterocycles. The van der Waals surface area contributed by atoms with Crippen LogP contribution in [0.2, 0.25) is 0 Å². The maximum atomic E-state index is 13.5. The molecule has 1 amide bonds. The topological polar surface area (TPSA) is 76.1 Å². The lowest BCUT2D eigenvalue weighted by atomic mass is 9.87. The fourth-order valence-corrected chi connectivity index (χ4v) is 4.57. The molecule has 0 spiro atoms. The van der Waals surface area contributed by atoms with E-state index in [0.717, 1.165) is 16.7 Å². The van der Waals surface area contributed by atoms with E-state index < -0.39 is 11.6 Å². The third kappa shape index (κ3) is 6.74. The molecule has 0 bridgehead atoms. The minimum absolute atomic E-state index is 0.000929.